The second-order valence-electron chi connectivity index (χ2n) is 4.14. The molecule has 0 aliphatic rings. The summed E-state index contributed by atoms with van der Waals surface area (Å²) in [4.78, 5) is 0. The van der Waals surface area contributed by atoms with Crippen molar-refractivity contribution < 1.29 is 0 Å². The highest BCUT2D eigenvalue weighted by atomic mass is 35.5. The molecule has 0 spiro atoms. The predicted molar refractivity (Wildman–Crippen MR) is 74.1 cm³/mol. The summed E-state index contributed by atoms with van der Waals surface area (Å²) < 4.78 is 0. The Labute approximate surface area is 107 Å². The third-order valence-corrected chi connectivity index (χ3v) is 2.74. The molecule has 0 heterocycles. The molecule has 0 nitrogen and oxygen atoms in total. The third kappa shape index (κ3) is 2.70. The number of benzene rings is 2. The lowest BCUT2D eigenvalue weighted by molar-refractivity contribution is 1.38. The maximum Gasteiger partial charge on any atom is 0.0336 e. The van der Waals surface area contributed by atoms with E-state index in [0.29, 0.717) is 0 Å². The maximum absolute atomic E-state index is 5.50. The Bertz CT molecular complexity index is 580. The molecule has 0 aliphatic carbocycles. The highest BCUT2D eigenvalue weighted by molar-refractivity contribution is 6.30. The minimum Gasteiger partial charge on any atom is -0.0616 e. The van der Waals surface area contributed by atoms with E-state index in [1.54, 1.807) is 0 Å². The number of hydrogen-bond donors (Lipinski definition) is 0. The molecule has 0 bridgehead atoms. The van der Waals surface area contributed by atoms with Gasteiger partial charge in [0.1, 0.15) is 0 Å². The average Bonchev–Trinajstić information content (AvgIpc) is 2.29. The van der Waals surface area contributed by atoms with Gasteiger partial charge in [0.15, 0.2) is 0 Å². The Kier molecular flexibility index (Phi) is 3.52. The fourth-order valence-electron chi connectivity index (χ4n) is 2.02. The van der Waals surface area contributed by atoms with E-state index in [1.807, 2.05) is 18.2 Å². The number of halogens is 1. The molecule has 0 radical (unpaired) electrons. The summed E-state index contributed by atoms with van der Waals surface area (Å²) in [7, 11) is 0. The predicted octanol–water partition coefficient (Wildman–Crippen LogP) is 4.52. The van der Waals surface area contributed by atoms with Gasteiger partial charge in [0.25, 0.3) is 0 Å². The first kappa shape index (κ1) is 11.8. The van der Waals surface area contributed by atoms with Crippen molar-refractivity contribution in [3.05, 3.63) is 59.2 Å². The molecule has 0 unspecified atom stereocenters. The minimum absolute atomic E-state index is 0.965. The van der Waals surface area contributed by atoms with E-state index < -0.39 is 0 Å². The Morgan fingerprint density at radius 2 is 1.59 bits per heavy atom. The summed E-state index contributed by atoms with van der Waals surface area (Å²) >= 11 is 5.50. The van der Waals surface area contributed by atoms with E-state index >= 15 is 0 Å². The molecule has 1 heteroatoms. The van der Waals surface area contributed by atoms with Crippen LogP contribution in [0.3, 0.4) is 0 Å². The van der Waals surface area contributed by atoms with Gasteiger partial charge in [0.2, 0.25) is 0 Å². The summed E-state index contributed by atoms with van der Waals surface area (Å²) in [6.07, 6.45) is 0. The van der Waals surface area contributed by atoms with Gasteiger partial charge >= 0.3 is 0 Å². The van der Waals surface area contributed by atoms with Gasteiger partial charge in [0, 0.05) is 10.9 Å². The fourth-order valence-corrected chi connectivity index (χ4v) is 2.13. The molecule has 0 aliphatic heterocycles. The van der Waals surface area contributed by atoms with Crippen molar-refractivity contribution in [2.75, 3.05) is 0 Å². The van der Waals surface area contributed by atoms with Crippen molar-refractivity contribution in [3.63, 3.8) is 0 Å². The molecule has 2 aromatic carbocycles. The molecule has 0 aromatic heterocycles. The average molecular weight is 241 g/mol. The van der Waals surface area contributed by atoms with Crippen LogP contribution in [0.2, 0.25) is 0 Å². The van der Waals surface area contributed by atoms with Gasteiger partial charge in [-0.15, -0.1) is 0 Å². The smallest absolute Gasteiger partial charge is 0.0336 e. The molecule has 0 amide bonds. The number of hydrogen-bond acceptors (Lipinski definition) is 0. The standard InChI is InChI=1S/C16H13Cl/c1-12-9-13(2)11-15(10-12)16-6-4-3-5-14(16)7-8-17/h3-6,9-11H,1-2H3. The minimum atomic E-state index is 0.965. The van der Waals surface area contributed by atoms with Crippen LogP contribution < -0.4 is 0 Å². The zero-order valence-corrected chi connectivity index (χ0v) is 10.7. The van der Waals surface area contributed by atoms with Gasteiger partial charge in [-0.3, -0.25) is 0 Å². The van der Waals surface area contributed by atoms with Gasteiger partial charge in [-0.25, -0.2) is 0 Å². The van der Waals surface area contributed by atoms with Gasteiger partial charge in [-0.2, -0.15) is 0 Å². The fraction of sp³-hybridized carbons (Fsp3) is 0.125. The zero-order valence-electron chi connectivity index (χ0n) is 9.92. The van der Waals surface area contributed by atoms with Crippen molar-refractivity contribution in [2.24, 2.45) is 0 Å². The van der Waals surface area contributed by atoms with E-state index in [0.717, 1.165) is 11.1 Å². The molecule has 2 rings (SSSR count). The molecule has 0 N–H and O–H groups in total. The van der Waals surface area contributed by atoms with E-state index in [2.05, 4.69) is 49.4 Å². The van der Waals surface area contributed by atoms with Crippen molar-refractivity contribution in [1.82, 2.24) is 0 Å². The molecule has 0 fully saturated rings. The van der Waals surface area contributed by atoms with Crippen LogP contribution in [0, 0.1) is 25.1 Å². The highest BCUT2D eigenvalue weighted by Crippen LogP contribution is 2.25. The van der Waals surface area contributed by atoms with Crippen LogP contribution in [0.4, 0.5) is 0 Å². The van der Waals surface area contributed by atoms with Gasteiger partial charge in [-0.1, -0.05) is 47.5 Å². The first-order valence-corrected chi connectivity index (χ1v) is 5.88. The van der Waals surface area contributed by atoms with Crippen LogP contribution in [0.5, 0.6) is 0 Å². The summed E-state index contributed by atoms with van der Waals surface area (Å²) in [5, 5.41) is 2.45. The van der Waals surface area contributed by atoms with Crippen LogP contribution in [0.1, 0.15) is 16.7 Å². The summed E-state index contributed by atoms with van der Waals surface area (Å²) in [5.41, 5.74) is 5.81. The lowest BCUT2D eigenvalue weighted by Gasteiger charge is -2.07. The Morgan fingerprint density at radius 1 is 0.941 bits per heavy atom. The normalized spacial score (nSPS) is 9.59. The molecular formula is C16H13Cl. The molecular weight excluding hydrogens is 228 g/mol. The Balaban J connectivity index is 2.62. The third-order valence-electron chi connectivity index (χ3n) is 2.64. The maximum atomic E-state index is 5.50. The van der Waals surface area contributed by atoms with E-state index in [-0.39, 0.29) is 0 Å². The summed E-state index contributed by atoms with van der Waals surface area (Å²) in [5.74, 6) is 2.93. The lowest BCUT2D eigenvalue weighted by Crippen LogP contribution is -1.86. The first-order valence-electron chi connectivity index (χ1n) is 5.50. The van der Waals surface area contributed by atoms with E-state index in [9.17, 15) is 0 Å². The van der Waals surface area contributed by atoms with Gasteiger partial charge in [-0.05, 0) is 48.6 Å². The topological polar surface area (TPSA) is 0 Å². The van der Waals surface area contributed by atoms with Crippen molar-refractivity contribution in [2.45, 2.75) is 13.8 Å². The van der Waals surface area contributed by atoms with E-state index in [1.165, 1.54) is 16.7 Å². The van der Waals surface area contributed by atoms with Gasteiger partial charge in [0.05, 0.1) is 0 Å². The molecule has 2 aromatic rings. The Hall–Kier alpha value is -1.71. The lowest BCUT2D eigenvalue weighted by atomic mass is 9.97. The van der Waals surface area contributed by atoms with E-state index in [4.69, 9.17) is 11.6 Å². The second kappa shape index (κ2) is 5.08. The number of rotatable bonds is 1. The summed E-state index contributed by atoms with van der Waals surface area (Å²) in [6, 6.07) is 14.6. The molecule has 0 atom stereocenters. The SMILES string of the molecule is Cc1cc(C)cc(-c2ccccc2C#CCl)c1. The van der Waals surface area contributed by atoms with Crippen molar-refractivity contribution in [1.29, 1.82) is 0 Å². The monoisotopic (exact) mass is 240 g/mol. The van der Waals surface area contributed by atoms with Crippen LogP contribution >= 0.6 is 11.6 Å². The van der Waals surface area contributed by atoms with Crippen LogP contribution in [-0.4, -0.2) is 0 Å². The molecule has 0 saturated carbocycles. The molecule has 84 valence electrons. The quantitative estimate of drug-likeness (QED) is 0.643. The second-order valence-corrected chi connectivity index (χ2v) is 4.33. The summed E-state index contributed by atoms with van der Waals surface area (Å²) in [6.45, 7) is 4.21. The molecule has 0 saturated heterocycles. The van der Waals surface area contributed by atoms with Crippen molar-refractivity contribution >= 4 is 11.6 Å². The van der Waals surface area contributed by atoms with Crippen molar-refractivity contribution in [3.8, 4) is 22.4 Å². The van der Waals surface area contributed by atoms with Gasteiger partial charge < -0.3 is 0 Å². The molecule has 17 heavy (non-hydrogen) atoms. The largest absolute Gasteiger partial charge is 0.0616 e. The zero-order chi connectivity index (χ0) is 12.3. The van der Waals surface area contributed by atoms with Crippen LogP contribution in [0.25, 0.3) is 11.1 Å². The first-order chi connectivity index (χ1) is 8.20. The van der Waals surface area contributed by atoms with Crippen LogP contribution in [0.15, 0.2) is 42.5 Å². The number of aryl methyl sites for hydroxylation is 2. The Morgan fingerprint density at radius 3 is 2.24 bits per heavy atom. The van der Waals surface area contributed by atoms with Crippen LogP contribution in [-0.2, 0) is 0 Å². The highest BCUT2D eigenvalue weighted by Gasteiger charge is 2.03.